The van der Waals surface area contributed by atoms with Crippen LogP contribution in [0.4, 0.5) is 0 Å². The topological polar surface area (TPSA) is 62.2 Å². The summed E-state index contributed by atoms with van der Waals surface area (Å²) in [6.45, 7) is 8.38. The third-order valence-electron chi connectivity index (χ3n) is 4.38. The average molecular weight is 310 g/mol. The molecule has 0 saturated heterocycles. The van der Waals surface area contributed by atoms with Crippen LogP contribution in [0, 0.1) is 18.3 Å². The average Bonchev–Trinajstić information content (AvgIpc) is 2.94. The number of carbonyl (C=O) groups is 1. The largest absolute Gasteiger partial charge is 0.396 e. The molecule has 0 spiro atoms. The number of aromatic nitrogens is 1. The minimum atomic E-state index is -0.186. The second-order valence-corrected chi connectivity index (χ2v) is 7.93. The molecule has 1 heterocycles. The van der Waals surface area contributed by atoms with Crippen LogP contribution in [0.15, 0.2) is 0 Å². The maximum absolute atomic E-state index is 12.5. The van der Waals surface area contributed by atoms with Crippen molar-refractivity contribution in [2.75, 3.05) is 6.61 Å². The highest BCUT2D eigenvalue weighted by atomic mass is 32.1. The summed E-state index contributed by atoms with van der Waals surface area (Å²) in [7, 11) is 0. The van der Waals surface area contributed by atoms with Crippen LogP contribution in [0.2, 0.25) is 0 Å². The van der Waals surface area contributed by atoms with Crippen molar-refractivity contribution in [1.82, 2.24) is 10.3 Å². The molecule has 1 aromatic rings. The van der Waals surface area contributed by atoms with Gasteiger partial charge in [0.2, 0.25) is 0 Å². The number of hydrogen-bond donors (Lipinski definition) is 2. The molecule has 21 heavy (non-hydrogen) atoms. The smallest absolute Gasteiger partial charge is 0.263 e. The molecule has 0 radical (unpaired) electrons. The first-order valence-corrected chi connectivity index (χ1v) is 8.55. The molecule has 1 fully saturated rings. The fraction of sp³-hybridized carbons (Fsp3) is 0.750. The Morgan fingerprint density at radius 3 is 2.90 bits per heavy atom. The van der Waals surface area contributed by atoms with Crippen LogP contribution in [0.5, 0.6) is 0 Å². The molecule has 118 valence electrons. The summed E-state index contributed by atoms with van der Waals surface area (Å²) in [5.41, 5.74) is 0.631. The van der Waals surface area contributed by atoms with Gasteiger partial charge < -0.3 is 10.4 Å². The molecule has 0 aliphatic heterocycles. The summed E-state index contributed by atoms with van der Waals surface area (Å²) in [5.74, 6) is 0.505. The van der Waals surface area contributed by atoms with Gasteiger partial charge in [0.15, 0.2) is 0 Å². The Labute approximate surface area is 131 Å². The van der Waals surface area contributed by atoms with Gasteiger partial charge in [0.05, 0.1) is 17.3 Å². The summed E-state index contributed by atoms with van der Waals surface area (Å²) in [6.07, 6.45) is 3.88. The van der Waals surface area contributed by atoms with Gasteiger partial charge in [-0.25, -0.2) is 4.98 Å². The first kappa shape index (κ1) is 16.4. The van der Waals surface area contributed by atoms with Crippen molar-refractivity contribution in [3.05, 3.63) is 15.6 Å². The number of carbonyl (C=O) groups excluding carboxylic acids is 1. The molecule has 1 aliphatic carbocycles. The van der Waals surface area contributed by atoms with Crippen molar-refractivity contribution in [2.45, 2.75) is 59.4 Å². The van der Waals surface area contributed by atoms with Gasteiger partial charge in [-0.3, -0.25) is 4.79 Å². The van der Waals surface area contributed by atoms with E-state index in [1.54, 1.807) is 0 Å². The van der Waals surface area contributed by atoms with Crippen molar-refractivity contribution >= 4 is 17.2 Å². The van der Waals surface area contributed by atoms with E-state index in [2.05, 4.69) is 31.1 Å². The zero-order valence-corrected chi connectivity index (χ0v) is 14.2. The van der Waals surface area contributed by atoms with Gasteiger partial charge in [-0.05, 0) is 25.7 Å². The second kappa shape index (κ2) is 6.44. The molecule has 1 aromatic heterocycles. The van der Waals surface area contributed by atoms with Gasteiger partial charge in [-0.15, -0.1) is 11.3 Å². The molecular weight excluding hydrogens is 284 g/mol. The third-order valence-corrected chi connectivity index (χ3v) is 5.56. The molecule has 2 unspecified atom stereocenters. The van der Waals surface area contributed by atoms with E-state index in [0.29, 0.717) is 5.92 Å². The number of rotatable bonds is 5. The van der Waals surface area contributed by atoms with Gasteiger partial charge >= 0.3 is 0 Å². The molecule has 2 atom stereocenters. The van der Waals surface area contributed by atoms with E-state index in [4.69, 9.17) is 0 Å². The zero-order valence-electron chi connectivity index (χ0n) is 13.4. The highest BCUT2D eigenvalue weighted by molar-refractivity contribution is 7.13. The number of aliphatic hydroxyl groups excluding tert-OH is 1. The maximum atomic E-state index is 12.5. The highest BCUT2D eigenvalue weighted by Crippen LogP contribution is 2.37. The van der Waals surface area contributed by atoms with Gasteiger partial charge in [-0.2, -0.15) is 0 Å². The monoisotopic (exact) mass is 310 g/mol. The van der Waals surface area contributed by atoms with Crippen LogP contribution in [-0.4, -0.2) is 28.6 Å². The number of nitrogens with one attached hydrogen (secondary N) is 1. The number of aryl methyl sites for hydroxylation is 1. The first-order chi connectivity index (χ1) is 9.85. The van der Waals surface area contributed by atoms with E-state index < -0.39 is 0 Å². The SMILES string of the molecule is Cc1nc(CC(C)C)sc1C(=O)NC1CCCC1(C)CO. The maximum Gasteiger partial charge on any atom is 0.263 e. The normalized spacial score (nSPS) is 25.5. The van der Waals surface area contributed by atoms with Crippen molar-refractivity contribution in [2.24, 2.45) is 11.3 Å². The molecule has 1 amide bonds. The van der Waals surface area contributed by atoms with Crippen LogP contribution in [0.25, 0.3) is 0 Å². The quantitative estimate of drug-likeness (QED) is 0.879. The van der Waals surface area contributed by atoms with Crippen molar-refractivity contribution in [3.8, 4) is 0 Å². The Balaban J connectivity index is 2.08. The molecule has 0 bridgehead atoms. The van der Waals surface area contributed by atoms with Gasteiger partial charge in [-0.1, -0.05) is 27.2 Å². The lowest BCUT2D eigenvalue weighted by Gasteiger charge is -2.29. The molecule has 2 N–H and O–H groups in total. The van der Waals surface area contributed by atoms with E-state index in [9.17, 15) is 9.90 Å². The Morgan fingerprint density at radius 2 is 2.29 bits per heavy atom. The standard InChI is InChI=1S/C16H26N2O2S/c1-10(2)8-13-17-11(3)14(21-13)15(20)18-12-6-5-7-16(12,4)9-19/h10,12,19H,5-9H2,1-4H3,(H,18,20). The predicted octanol–water partition coefficient (Wildman–Crippen LogP) is 2.93. The lowest BCUT2D eigenvalue weighted by atomic mass is 9.86. The van der Waals surface area contributed by atoms with Crippen LogP contribution in [0.1, 0.15) is 60.4 Å². The summed E-state index contributed by atoms with van der Waals surface area (Å²) in [5, 5.41) is 13.7. The first-order valence-electron chi connectivity index (χ1n) is 7.74. The Hall–Kier alpha value is -0.940. The van der Waals surface area contributed by atoms with Gasteiger partial charge in [0, 0.05) is 17.9 Å². The Bertz CT molecular complexity index is 512. The predicted molar refractivity (Wildman–Crippen MR) is 85.7 cm³/mol. The van der Waals surface area contributed by atoms with E-state index in [1.165, 1.54) is 11.3 Å². The molecule has 0 aromatic carbocycles. The molecule has 4 nitrogen and oxygen atoms in total. The Morgan fingerprint density at radius 1 is 1.57 bits per heavy atom. The lowest BCUT2D eigenvalue weighted by Crippen LogP contribution is -2.44. The zero-order chi connectivity index (χ0) is 15.6. The van der Waals surface area contributed by atoms with Crippen LogP contribution in [0.3, 0.4) is 0 Å². The fourth-order valence-electron chi connectivity index (χ4n) is 2.99. The van der Waals surface area contributed by atoms with E-state index in [1.807, 2.05) is 6.92 Å². The van der Waals surface area contributed by atoms with Crippen LogP contribution >= 0.6 is 11.3 Å². The van der Waals surface area contributed by atoms with E-state index >= 15 is 0 Å². The number of aliphatic hydroxyl groups is 1. The second-order valence-electron chi connectivity index (χ2n) is 6.85. The summed E-state index contributed by atoms with van der Waals surface area (Å²) in [6, 6.07) is 0.0602. The van der Waals surface area contributed by atoms with E-state index in [-0.39, 0.29) is 24.0 Å². The van der Waals surface area contributed by atoms with Crippen LogP contribution in [-0.2, 0) is 6.42 Å². The molecular formula is C16H26N2O2S. The fourth-order valence-corrected chi connectivity index (χ4v) is 4.17. The van der Waals surface area contributed by atoms with Gasteiger partial charge in [0.1, 0.15) is 4.88 Å². The number of hydrogen-bond acceptors (Lipinski definition) is 4. The van der Waals surface area contributed by atoms with Crippen molar-refractivity contribution in [1.29, 1.82) is 0 Å². The molecule has 2 rings (SSSR count). The van der Waals surface area contributed by atoms with Gasteiger partial charge in [0.25, 0.3) is 5.91 Å². The molecule has 1 aliphatic rings. The lowest BCUT2D eigenvalue weighted by molar-refractivity contribution is 0.0833. The van der Waals surface area contributed by atoms with Crippen LogP contribution < -0.4 is 5.32 Å². The van der Waals surface area contributed by atoms with E-state index in [0.717, 1.165) is 41.3 Å². The summed E-state index contributed by atoms with van der Waals surface area (Å²) < 4.78 is 0. The van der Waals surface area contributed by atoms with Crippen molar-refractivity contribution in [3.63, 3.8) is 0 Å². The highest BCUT2D eigenvalue weighted by Gasteiger charge is 2.39. The third kappa shape index (κ3) is 3.64. The minimum Gasteiger partial charge on any atom is -0.396 e. The number of thiazole rings is 1. The summed E-state index contributed by atoms with van der Waals surface area (Å²) in [4.78, 5) is 17.7. The molecule has 1 saturated carbocycles. The number of amides is 1. The summed E-state index contributed by atoms with van der Waals surface area (Å²) >= 11 is 1.50. The van der Waals surface area contributed by atoms with Crippen molar-refractivity contribution < 1.29 is 9.90 Å². The minimum absolute atomic E-state index is 0.0356. The number of nitrogens with zero attached hydrogens (tertiary/aromatic N) is 1. The molecule has 5 heteroatoms. The Kier molecular flexibility index (Phi) is 5.04.